The molecule has 0 aliphatic rings. The summed E-state index contributed by atoms with van der Waals surface area (Å²) >= 11 is 0. The lowest BCUT2D eigenvalue weighted by Gasteiger charge is -2.05. The van der Waals surface area contributed by atoms with Crippen LogP contribution in [0.5, 0.6) is 5.75 Å². The Kier molecular flexibility index (Phi) is 3.94. The molecule has 18 heavy (non-hydrogen) atoms. The normalized spacial score (nSPS) is 12.4. The first kappa shape index (κ1) is 12.6. The van der Waals surface area contributed by atoms with Gasteiger partial charge in [-0.15, -0.1) is 10.2 Å². The molecule has 0 saturated carbocycles. The standard InChI is InChI=1S/C13H17N3O2/c1-9(14-2)13-16-15-12(18-13)8-10-6-4-5-7-11(10)17-3/h4-7,9,14H,8H2,1-3H3. The Labute approximate surface area is 106 Å². The monoisotopic (exact) mass is 247 g/mol. The molecule has 96 valence electrons. The number of hydrogen-bond acceptors (Lipinski definition) is 5. The molecule has 2 aromatic rings. The minimum atomic E-state index is 0.0592. The number of nitrogens with zero attached hydrogens (tertiary/aromatic N) is 2. The second-order valence-corrected chi connectivity index (χ2v) is 4.03. The third-order valence-electron chi connectivity index (χ3n) is 2.82. The summed E-state index contributed by atoms with van der Waals surface area (Å²) < 4.78 is 10.9. The maximum absolute atomic E-state index is 5.60. The molecular formula is C13H17N3O2. The summed E-state index contributed by atoms with van der Waals surface area (Å²) in [6, 6.07) is 7.87. The number of rotatable bonds is 5. The molecule has 1 aromatic carbocycles. The summed E-state index contributed by atoms with van der Waals surface area (Å²) in [6.07, 6.45) is 0.577. The van der Waals surface area contributed by atoms with Gasteiger partial charge in [0.25, 0.3) is 0 Å². The Bertz CT molecular complexity index is 510. The highest BCUT2D eigenvalue weighted by Crippen LogP contribution is 2.21. The predicted octanol–water partition coefficient (Wildman–Crippen LogP) is 1.95. The molecule has 1 aromatic heterocycles. The molecule has 0 fully saturated rings. The molecule has 5 heteroatoms. The molecule has 1 N–H and O–H groups in total. The van der Waals surface area contributed by atoms with Gasteiger partial charge in [0.15, 0.2) is 0 Å². The largest absolute Gasteiger partial charge is 0.496 e. The van der Waals surface area contributed by atoms with Crippen LogP contribution in [-0.2, 0) is 6.42 Å². The fourth-order valence-corrected chi connectivity index (χ4v) is 1.65. The number of benzene rings is 1. The van der Waals surface area contributed by atoms with E-state index >= 15 is 0 Å². The maximum atomic E-state index is 5.60. The highest BCUT2D eigenvalue weighted by atomic mass is 16.5. The second kappa shape index (κ2) is 5.64. The summed E-state index contributed by atoms with van der Waals surface area (Å²) in [5, 5.41) is 11.1. The number of ether oxygens (including phenoxy) is 1. The van der Waals surface area contributed by atoms with E-state index in [0.717, 1.165) is 11.3 Å². The Morgan fingerprint density at radius 2 is 2.11 bits per heavy atom. The number of para-hydroxylation sites is 1. The Hall–Kier alpha value is -1.88. The molecule has 0 aliphatic heterocycles. The average molecular weight is 247 g/mol. The first-order chi connectivity index (χ1) is 8.74. The van der Waals surface area contributed by atoms with Crippen LogP contribution in [0.2, 0.25) is 0 Å². The molecule has 0 saturated heterocycles. The first-order valence-corrected chi connectivity index (χ1v) is 5.86. The fraction of sp³-hybridized carbons (Fsp3) is 0.385. The molecular weight excluding hydrogens is 230 g/mol. The number of methoxy groups -OCH3 is 1. The molecule has 0 aliphatic carbocycles. The van der Waals surface area contributed by atoms with E-state index in [1.165, 1.54) is 0 Å². The van der Waals surface area contributed by atoms with Crippen molar-refractivity contribution in [3.8, 4) is 5.75 Å². The van der Waals surface area contributed by atoms with Gasteiger partial charge in [-0.1, -0.05) is 18.2 Å². The Morgan fingerprint density at radius 3 is 2.83 bits per heavy atom. The zero-order valence-corrected chi connectivity index (χ0v) is 10.8. The predicted molar refractivity (Wildman–Crippen MR) is 67.6 cm³/mol. The SMILES string of the molecule is CNC(C)c1nnc(Cc2ccccc2OC)o1. The lowest BCUT2D eigenvalue weighted by Crippen LogP contribution is -2.12. The van der Waals surface area contributed by atoms with E-state index in [2.05, 4.69) is 15.5 Å². The van der Waals surface area contributed by atoms with Crippen molar-refractivity contribution in [2.45, 2.75) is 19.4 Å². The van der Waals surface area contributed by atoms with Crippen molar-refractivity contribution < 1.29 is 9.15 Å². The van der Waals surface area contributed by atoms with Crippen LogP contribution in [0.3, 0.4) is 0 Å². The summed E-state index contributed by atoms with van der Waals surface area (Å²) in [6.45, 7) is 1.97. The van der Waals surface area contributed by atoms with Crippen LogP contribution in [0, 0.1) is 0 Å². The highest BCUT2D eigenvalue weighted by Gasteiger charge is 2.13. The summed E-state index contributed by atoms with van der Waals surface area (Å²) in [4.78, 5) is 0. The molecule has 0 amide bonds. The van der Waals surface area contributed by atoms with Gasteiger partial charge in [-0.25, -0.2) is 0 Å². The van der Waals surface area contributed by atoms with Crippen LogP contribution >= 0.6 is 0 Å². The third-order valence-corrected chi connectivity index (χ3v) is 2.82. The average Bonchev–Trinajstić information content (AvgIpc) is 2.87. The van der Waals surface area contributed by atoms with Crippen LogP contribution in [-0.4, -0.2) is 24.4 Å². The van der Waals surface area contributed by atoms with Crippen LogP contribution in [0.1, 0.15) is 30.3 Å². The fourth-order valence-electron chi connectivity index (χ4n) is 1.65. The van der Waals surface area contributed by atoms with Crippen molar-refractivity contribution in [1.82, 2.24) is 15.5 Å². The van der Waals surface area contributed by atoms with Crippen molar-refractivity contribution in [2.24, 2.45) is 0 Å². The lowest BCUT2D eigenvalue weighted by atomic mass is 10.1. The van der Waals surface area contributed by atoms with Gasteiger partial charge in [0.2, 0.25) is 11.8 Å². The highest BCUT2D eigenvalue weighted by molar-refractivity contribution is 5.34. The van der Waals surface area contributed by atoms with Crippen molar-refractivity contribution in [3.05, 3.63) is 41.6 Å². The zero-order valence-electron chi connectivity index (χ0n) is 10.8. The van der Waals surface area contributed by atoms with Crippen molar-refractivity contribution in [3.63, 3.8) is 0 Å². The van der Waals surface area contributed by atoms with Gasteiger partial charge in [0.05, 0.1) is 19.6 Å². The van der Waals surface area contributed by atoms with E-state index in [0.29, 0.717) is 18.2 Å². The number of hydrogen-bond donors (Lipinski definition) is 1. The van der Waals surface area contributed by atoms with E-state index in [1.807, 2.05) is 38.2 Å². The molecule has 5 nitrogen and oxygen atoms in total. The van der Waals surface area contributed by atoms with E-state index < -0.39 is 0 Å². The first-order valence-electron chi connectivity index (χ1n) is 5.86. The van der Waals surface area contributed by atoms with E-state index in [-0.39, 0.29) is 6.04 Å². The zero-order chi connectivity index (χ0) is 13.0. The molecule has 2 rings (SSSR count). The van der Waals surface area contributed by atoms with Crippen molar-refractivity contribution in [1.29, 1.82) is 0 Å². The summed E-state index contributed by atoms with van der Waals surface area (Å²) in [7, 11) is 3.51. The van der Waals surface area contributed by atoms with E-state index in [4.69, 9.17) is 9.15 Å². The Morgan fingerprint density at radius 1 is 1.33 bits per heavy atom. The quantitative estimate of drug-likeness (QED) is 0.875. The van der Waals surface area contributed by atoms with Gasteiger partial charge in [-0.3, -0.25) is 0 Å². The maximum Gasteiger partial charge on any atom is 0.233 e. The van der Waals surface area contributed by atoms with Crippen LogP contribution in [0.15, 0.2) is 28.7 Å². The van der Waals surface area contributed by atoms with Gasteiger partial charge in [-0.05, 0) is 20.0 Å². The van der Waals surface area contributed by atoms with Gasteiger partial charge in [-0.2, -0.15) is 0 Å². The minimum Gasteiger partial charge on any atom is -0.496 e. The van der Waals surface area contributed by atoms with Crippen LogP contribution in [0.25, 0.3) is 0 Å². The van der Waals surface area contributed by atoms with Crippen LogP contribution < -0.4 is 10.1 Å². The van der Waals surface area contributed by atoms with Gasteiger partial charge < -0.3 is 14.5 Å². The minimum absolute atomic E-state index is 0.0592. The summed E-state index contributed by atoms with van der Waals surface area (Å²) in [5.74, 6) is 2.03. The van der Waals surface area contributed by atoms with Crippen molar-refractivity contribution in [2.75, 3.05) is 14.2 Å². The van der Waals surface area contributed by atoms with Crippen LogP contribution in [0.4, 0.5) is 0 Å². The lowest BCUT2D eigenvalue weighted by molar-refractivity contribution is 0.398. The van der Waals surface area contributed by atoms with E-state index in [9.17, 15) is 0 Å². The Balaban J connectivity index is 2.16. The van der Waals surface area contributed by atoms with Gasteiger partial charge in [0.1, 0.15) is 5.75 Å². The third kappa shape index (κ3) is 2.68. The topological polar surface area (TPSA) is 60.2 Å². The number of nitrogens with one attached hydrogen (secondary N) is 1. The number of aromatic nitrogens is 2. The molecule has 1 heterocycles. The smallest absolute Gasteiger partial charge is 0.233 e. The molecule has 1 unspecified atom stereocenters. The molecule has 0 radical (unpaired) electrons. The van der Waals surface area contributed by atoms with E-state index in [1.54, 1.807) is 7.11 Å². The second-order valence-electron chi connectivity index (χ2n) is 4.03. The summed E-state index contributed by atoms with van der Waals surface area (Å²) in [5.41, 5.74) is 1.03. The molecule has 0 bridgehead atoms. The van der Waals surface area contributed by atoms with Crippen molar-refractivity contribution >= 4 is 0 Å². The van der Waals surface area contributed by atoms with Gasteiger partial charge >= 0.3 is 0 Å². The van der Waals surface area contributed by atoms with Gasteiger partial charge in [0, 0.05) is 5.56 Å². The molecule has 0 spiro atoms. The molecule has 1 atom stereocenters.